The van der Waals surface area contributed by atoms with Gasteiger partial charge in [-0.1, -0.05) is 0 Å². The number of carbonyl (C=O) groups is 2. The first-order valence-electron chi connectivity index (χ1n) is 9.43. The number of nitro benzene ring substituents is 1. The van der Waals surface area contributed by atoms with E-state index in [2.05, 4.69) is 20.5 Å². The molecule has 0 atom stereocenters. The van der Waals surface area contributed by atoms with Crippen molar-refractivity contribution in [1.82, 2.24) is 10.3 Å². The van der Waals surface area contributed by atoms with Crippen molar-refractivity contribution >= 4 is 28.9 Å². The number of nitrogens with one attached hydrogen (secondary N) is 2. The van der Waals surface area contributed by atoms with E-state index in [0.717, 1.165) is 31.6 Å². The second-order valence-corrected chi connectivity index (χ2v) is 7.06. The monoisotopic (exact) mass is 397 g/mol. The number of carbonyl (C=O) groups excluding carboxylic acids is 2. The van der Waals surface area contributed by atoms with E-state index in [1.54, 1.807) is 13.1 Å². The van der Waals surface area contributed by atoms with Crippen LogP contribution in [-0.2, 0) is 9.59 Å². The molecule has 0 aliphatic carbocycles. The molecule has 1 aromatic carbocycles. The van der Waals surface area contributed by atoms with Gasteiger partial charge in [0.15, 0.2) is 0 Å². The average Bonchev–Trinajstić information content (AvgIpc) is 2.74. The van der Waals surface area contributed by atoms with Crippen molar-refractivity contribution in [3.63, 3.8) is 0 Å². The summed E-state index contributed by atoms with van der Waals surface area (Å²) >= 11 is 0. The minimum atomic E-state index is -0.783. The zero-order valence-corrected chi connectivity index (χ0v) is 16.1. The first kappa shape index (κ1) is 20.2. The molecule has 1 aromatic heterocycles. The van der Waals surface area contributed by atoms with Gasteiger partial charge < -0.3 is 15.5 Å². The maximum atomic E-state index is 12.1. The Morgan fingerprint density at radius 3 is 2.62 bits per heavy atom. The highest BCUT2D eigenvalue weighted by molar-refractivity contribution is 6.39. The molecule has 0 unspecified atom stereocenters. The van der Waals surface area contributed by atoms with E-state index in [9.17, 15) is 19.7 Å². The van der Waals surface area contributed by atoms with Crippen molar-refractivity contribution in [2.24, 2.45) is 5.92 Å². The molecule has 1 aliphatic rings. The van der Waals surface area contributed by atoms with Crippen LogP contribution >= 0.6 is 0 Å². The number of aromatic nitrogens is 1. The number of hydrogen-bond acceptors (Lipinski definition) is 6. The molecule has 152 valence electrons. The molecular weight excluding hydrogens is 374 g/mol. The van der Waals surface area contributed by atoms with Gasteiger partial charge in [0.1, 0.15) is 0 Å². The Labute approximate surface area is 168 Å². The van der Waals surface area contributed by atoms with E-state index >= 15 is 0 Å². The third kappa shape index (κ3) is 5.28. The van der Waals surface area contributed by atoms with Crippen LogP contribution in [0.2, 0.25) is 0 Å². The van der Waals surface area contributed by atoms with E-state index in [1.165, 1.54) is 18.2 Å². The number of rotatable bonds is 5. The van der Waals surface area contributed by atoms with Gasteiger partial charge in [-0.05, 0) is 49.4 Å². The lowest BCUT2D eigenvalue weighted by atomic mass is 9.96. The highest BCUT2D eigenvalue weighted by Gasteiger charge is 2.22. The lowest BCUT2D eigenvalue weighted by Crippen LogP contribution is -2.41. The smallest absolute Gasteiger partial charge is 0.313 e. The number of benzene rings is 1. The third-order valence-corrected chi connectivity index (χ3v) is 5.05. The van der Waals surface area contributed by atoms with Crippen LogP contribution in [0.3, 0.4) is 0 Å². The Kier molecular flexibility index (Phi) is 6.38. The van der Waals surface area contributed by atoms with Crippen LogP contribution in [0, 0.1) is 23.0 Å². The topological polar surface area (TPSA) is 117 Å². The minimum Gasteiger partial charge on any atom is -0.370 e. The second kappa shape index (κ2) is 9.13. The number of hydrogen-bond donors (Lipinski definition) is 2. The summed E-state index contributed by atoms with van der Waals surface area (Å²) in [5.74, 6) is -1.19. The van der Waals surface area contributed by atoms with E-state index in [0.29, 0.717) is 23.7 Å². The number of pyridine rings is 1. The summed E-state index contributed by atoms with van der Waals surface area (Å²) < 4.78 is 0. The lowest BCUT2D eigenvalue weighted by Gasteiger charge is -2.33. The van der Waals surface area contributed by atoms with Gasteiger partial charge in [0.05, 0.1) is 16.8 Å². The Morgan fingerprint density at radius 2 is 2.00 bits per heavy atom. The van der Waals surface area contributed by atoms with Crippen molar-refractivity contribution in [2.75, 3.05) is 29.9 Å². The van der Waals surface area contributed by atoms with E-state index in [1.807, 2.05) is 18.3 Å². The van der Waals surface area contributed by atoms with Crippen molar-refractivity contribution in [3.8, 4) is 0 Å². The molecule has 0 bridgehead atoms. The maximum absolute atomic E-state index is 12.1. The lowest BCUT2D eigenvalue weighted by molar-refractivity contribution is -0.384. The molecule has 3 rings (SSSR count). The molecule has 0 spiro atoms. The third-order valence-electron chi connectivity index (χ3n) is 5.05. The highest BCUT2D eigenvalue weighted by Crippen LogP contribution is 2.22. The van der Waals surface area contributed by atoms with Crippen molar-refractivity contribution < 1.29 is 14.5 Å². The Morgan fingerprint density at radius 1 is 1.24 bits per heavy atom. The molecule has 1 fully saturated rings. The van der Waals surface area contributed by atoms with Crippen molar-refractivity contribution in [1.29, 1.82) is 0 Å². The second-order valence-electron chi connectivity index (χ2n) is 7.06. The molecule has 2 amide bonds. The van der Waals surface area contributed by atoms with Gasteiger partial charge in [-0.25, -0.2) is 0 Å². The van der Waals surface area contributed by atoms with Gasteiger partial charge in [-0.15, -0.1) is 0 Å². The zero-order valence-electron chi connectivity index (χ0n) is 16.1. The molecule has 9 heteroatoms. The standard InChI is InChI=1S/C20H23N5O4/c1-14-11-16(25(28)29)4-5-18(14)23-20(27)19(26)22-12-15-6-9-24(10-7-15)17-3-2-8-21-13-17/h2-5,8,11,13,15H,6-7,9-10,12H2,1H3,(H,22,26)(H,23,27). The fourth-order valence-corrected chi connectivity index (χ4v) is 3.33. The molecule has 29 heavy (non-hydrogen) atoms. The summed E-state index contributed by atoms with van der Waals surface area (Å²) in [6.07, 6.45) is 5.41. The number of non-ortho nitro benzene ring substituents is 1. The summed E-state index contributed by atoms with van der Waals surface area (Å²) in [6.45, 7) is 3.82. The highest BCUT2D eigenvalue weighted by atomic mass is 16.6. The van der Waals surface area contributed by atoms with Gasteiger partial charge in [0.25, 0.3) is 5.69 Å². The first-order valence-corrected chi connectivity index (χ1v) is 9.43. The maximum Gasteiger partial charge on any atom is 0.313 e. The van der Waals surface area contributed by atoms with E-state index < -0.39 is 16.7 Å². The van der Waals surface area contributed by atoms with Crippen LogP contribution < -0.4 is 15.5 Å². The summed E-state index contributed by atoms with van der Waals surface area (Å²) in [5, 5.41) is 16.0. The van der Waals surface area contributed by atoms with Crippen LogP contribution in [0.15, 0.2) is 42.7 Å². The number of amides is 2. The van der Waals surface area contributed by atoms with Crippen molar-refractivity contribution in [3.05, 3.63) is 58.4 Å². The van der Waals surface area contributed by atoms with Gasteiger partial charge in [-0.2, -0.15) is 0 Å². The first-order chi connectivity index (χ1) is 13.9. The molecule has 2 N–H and O–H groups in total. The van der Waals surface area contributed by atoms with E-state index in [4.69, 9.17) is 0 Å². The molecule has 2 heterocycles. The van der Waals surface area contributed by atoms with Gasteiger partial charge in [0.2, 0.25) is 0 Å². The molecular formula is C20H23N5O4. The fourth-order valence-electron chi connectivity index (χ4n) is 3.33. The van der Waals surface area contributed by atoms with Crippen molar-refractivity contribution in [2.45, 2.75) is 19.8 Å². The number of nitrogens with zero attached hydrogens (tertiary/aromatic N) is 3. The summed E-state index contributed by atoms with van der Waals surface area (Å²) in [6, 6.07) is 8.00. The Bertz CT molecular complexity index is 895. The molecule has 0 radical (unpaired) electrons. The van der Waals surface area contributed by atoms with Gasteiger partial charge in [0, 0.05) is 43.7 Å². The fraction of sp³-hybridized carbons (Fsp3) is 0.350. The van der Waals surface area contributed by atoms with Crippen LogP contribution in [0.4, 0.5) is 17.1 Å². The Balaban J connectivity index is 1.45. The van der Waals surface area contributed by atoms with Crippen LogP contribution in [-0.4, -0.2) is 41.4 Å². The summed E-state index contributed by atoms with van der Waals surface area (Å²) in [5.41, 5.74) is 1.92. The zero-order chi connectivity index (χ0) is 20.8. The van der Waals surface area contributed by atoms with Gasteiger partial charge >= 0.3 is 11.8 Å². The average molecular weight is 397 g/mol. The molecule has 2 aromatic rings. The summed E-state index contributed by atoms with van der Waals surface area (Å²) in [4.78, 5) is 40.9. The largest absolute Gasteiger partial charge is 0.370 e. The molecule has 1 aliphatic heterocycles. The number of aryl methyl sites for hydroxylation is 1. The SMILES string of the molecule is Cc1cc([N+](=O)[O-])ccc1NC(=O)C(=O)NCC1CCN(c2cccnc2)CC1. The number of nitro groups is 1. The number of anilines is 2. The van der Waals surface area contributed by atoms with Crippen LogP contribution in [0.1, 0.15) is 18.4 Å². The number of piperidine rings is 1. The van der Waals surface area contributed by atoms with Gasteiger partial charge in [-0.3, -0.25) is 24.7 Å². The molecule has 9 nitrogen and oxygen atoms in total. The normalized spacial score (nSPS) is 14.3. The quantitative estimate of drug-likeness (QED) is 0.454. The molecule has 1 saturated heterocycles. The predicted molar refractivity (Wildman–Crippen MR) is 109 cm³/mol. The Hall–Kier alpha value is -3.49. The summed E-state index contributed by atoms with van der Waals surface area (Å²) in [7, 11) is 0. The van der Waals surface area contributed by atoms with Crippen LogP contribution in [0.25, 0.3) is 0 Å². The minimum absolute atomic E-state index is 0.0671. The predicted octanol–water partition coefficient (Wildman–Crippen LogP) is 2.27. The van der Waals surface area contributed by atoms with E-state index in [-0.39, 0.29) is 5.69 Å². The van der Waals surface area contributed by atoms with Crippen LogP contribution in [0.5, 0.6) is 0 Å². The molecule has 0 saturated carbocycles.